The number of hydrogen-bond acceptors (Lipinski definition) is 3. The number of benzene rings is 2. The number of carbonyl (C=O) groups is 1. The second-order valence-electron chi connectivity index (χ2n) is 4.80. The van der Waals surface area contributed by atoms with E-state index in [-0.39, 0.29) is 5.82 Å². The number of nitrogens with two attached hydrogens (primary N) is 1. The summed E-state index contributed by atoms with van der Waals surface area (Å²) >= 11 is 0. The molecule has 1 heterocycles. The number of halogens is 1. The van der Waals surface area contributed by atoms with Gasteiger partial charge in [-0.15, -0.1) is 0 Å². The molecular weight excluding hydrogens is 273 g/mol. The summed E-state index contributed by atoms with van der Waals surface area (Å²) in [6, 6.07) is 11.9. The Bertz CT molecular complexity index is 687. The van der Waals surface area contributed by atoms with E-state index in [0.29, 0.717) is 29.9 Å². The van der Waals surface area contributed by atoms with Gasteiger partial charge in [-0.2, -0.15) is 0 Å². The fourth-order valence-corrected chi connectivity index (χ4v) is 2.48. The van der Waals surface area contributed by atoms with Crippen LogP contribution >= 0.6 is 0 Å². The molecule has 2 aromatic rings. The number of rotatable bonds is 2. The standard InChI is InChI=1S/C16H14FNO3/c17-13-4-2-1-3-11(13)10-5-6-12-14(21-16(18)19)7-8-20-15(12)9-10/h1-6,9,14H,7-8H2,(H2,18,19). The van der Waals surface area contributed by atoms with Gasteiger partial charge in [0.15, 0.2) is 0 Å². The number of ether oxygens (including phenoxy) is 2. The van der Waals surface area contributed by atoms with Crippen LogP contribution in [0.4, 0.5) is 9.18 Å². The Morgan fingerprint density at radius 2 is 2.10 bits per heavy atom. The molecule has 0 aromatic heterocycles. The molecule has 0 fully saturated rings. The zero-order chi connectivity index (χ0) is 14.8. The topological polar surface area (TPSA) is 61.6 Å². The molecule has 4 nitrogen and oxygen atoms in total. The normalized spacial score (nSPS) is 16.7. The van der Waals surface area contributed by atoms with Crippen molar-refractivity contribution in [2.24, 2.45) is 5.73 Å². The molecule has 0 saturated heterocycles. The van der Waals surface area contributed by atoms with Crippen LogP contribution in [0.5, 0.6) is 5.75 Å². The van der Waals surface area contributed by atoms with Gasteiger partial charge in [0.2, 0.25) is 0 Å². The van der Waals surface area contributed by atoms with Crippen molar-refractivity contribution in [1.29, 1.82) is 0 Å². The number of primary amides is 1. The minimum atomic E-state index is -0.814. The molecule has 0 radical (unpaired) electrons. The third kappa shape index (κ3) is 2.67. The van der Waals surface area contributed by atoms with Gasteiger partial charge in [-0.3, -0.25) is 0 Å². The van der Waals surface area contributed by atoms with E-state index in [1.165, 1.54) is 6.07 Å². The minimum absolute atomic E-state index is 0.293. The highest BCUT2D eigenvalue weighted by molar-refractivity contribution is 5.68. The van der Waals surface area contributed by atoms with Gasteiger partial charge in [-0.25, -0.2) is 9.18 Å². The highest BCUT2D eigenvalue weighted by Crippen LogP contribution is 2.37. The average Bonchev–Trinajstić information content (AvgIpc) is 2.47. The third-order valence-corrected chi connectivity index (χ3v) is 3.44. The van der Waals surface area contributed by atoms with E-state index >= 15 is 0 Å². The van der Waals surface area contributed by atoms with Crippen LogP contribution in [0.25, 0.3) is 11.1 Å². The van der Waals surface area contributed by atoms with Crippen molar-refractivity contribution in [3.05, 3.63) is 53.8 Å². The second-order valence-corrected chi connectivity index (χ2v) is 4.80. The van der Waals surface area contributed by atoms with Crippen molar-refractivity contribution in [2.45, 2.75) is 12.5 Å². The van der Waals surface area contributed by atoms with E-state index in [2.05, 4.69) is 0 Å². The fourth-order valence-electron chi connectivity index (χ4n) is 2.48. The number of fused-ring (bicyclic) bond motifs is 1. The van der Waals surface area contributed by atoms with E-state index in [1.807, 2.05) is 0 Å². The fraction of sp³-hybridized carbons (Fsp3) is 0.188. The van der Waals surface area contributed by atoms with Crippen LogP contribution in [0.15, 0.2) is 42.5 Å². The number of carbonyl (C=O) groups excluding carboxylic acids is 1. The van der Waals surface area contributed by atoms with Crippen molar-refractivity contribution in [2.75, 3.05) is 6.61 Å². The molecule has 0 bridgehead atoms. The van der Waals surface area contributed by atoms with Crippen LogP contribution in [-0.2, 0) is 4.74 Å². The lowest BCUT2D eigenvalue weighted by Crippen LogP contribution is -2.22. The van der Waals surface area contributed by atoms with Crippen molar-refractivity contribution in [3.8, 4) is 16.9 Å². The largest absolute Gasteiger partial charge is 0.493 e. The zero-order valence-electron chi connectivity index (χ0n) is 11.2. The summed E-state index contributed by atoms with van der Waals surface area (Å²) < 4.78 is 24.5. The first-order valence-corrected chi connectivity index (χ1v) is 6.63. The molecule has 2 aromatic carbocycles. The lowest BCUT2D eigenvalue weighted by molar-refractivity contribution is 0.0766. The summed E-state index contributed by atoms with van der Waals surface area (Å²) in [5, 5.41) is 0. The Labute approximate surface area is 121 Å². The smallest absolute Gasteiger partial charge is 0.405 e. The molecule has 1 atom stereocenters. The van der Waals surface area contributed by atoms with Crippen LogP contribution in [0.1, 0.15) is 18.1 Å². The van der Waals surface area contributed by atoms with Gasteiger partial charge in [-0.05, 0) is 17.7 Å². The Morgan fingerprint density at radius 1 is 1.29 bits per heavy atom. The Morgan fingerprint density at radius 3 is 2.86 bits per heavy atom. The summed E-state index contributed by atoms with van der Waals surface area (Å²) in [6.07, 6.45) is -0.679. The second kappa shape index (κ2) is 5.44. The predicted molar refractivity (Wildman–Crippen MR) is 75.4 cm³/mol. The first-order chi connectivity index (χ1) is 10.1. The quantitative estimate of drug-likeness (QED) is 0.920. The van der Waals surface area contributed by atoms with Crippen LogP contribution < -0.4 is 10.5 Å². The van der Waals surface area contributed by atoms with E-state index in [4.69, 9.17) is 15.2 Å². The monoisotopic (exact) mass is 287 g/mol. The van der Waals surface area contributed by atoms with Crippen molar-refractivity contribution in [1.82, 2.24) is 0 Å². The molecule has 1 aliphatic heterocycles. The Hall–Kier alpha value is -2.56. The summed E-state index contributed by atoms with van der Waals surface area (Å²) in [6.45, 7) is 0.422. The first-order valence-electron chi connectivity index (χ1n) is 6.63. The van der Waals surface area contributed by atoms with E-state index in [0.717, 1.165) is 5.56 Å². The molecule has 5 heteroatoms. The van der Waals surface area contributed by atoms with Crippen molar-refractivity contribution >= 4 is 6.09 Å². The number of amides is 1. The molecule has 1 amide bonds. The van der Waals surface area contributed by atoms with E-state index < -0.39 is 12.2 Å². The maximum atomic E-state index is 13.8. The summed E-state index contributed by atoms with van der Waals surface area (Å²) in [7, 11) is 0. The third-order valence-electron chi connectivity index (χ3n) is 3.44. The molecule has 2 N–H and O–H groups in total. The van der Waals surface area contributed by atoms with Crippen LogP contribution in [0.3, 0.4) is 0 Å². The molecule has 0 spiro atoms. The molecule has 1 aliphatic rings. The Balaban J connectivity index is 1.98. The summed E-state index contributed by atoms with van der Waals surface area (Å²) in [5.74, 6) is 0.298. The predicted octanol–water partition coefficient (Wildman–Crippen LogP) is 3.41. The molecule has 21 heavy (non-hydrogen) atoms. The van der Waals surface area contributed by atoms with Crippen LogP contribution in [0, 0.1) is 5.82 Å². The molecule has 0 saturated carbocycles. The molecule has 3 rings (SSSR count). The number of hydrogen-bond donors (Lipinski definition) is 1. The van der Waals surface area contributed by atoms with Gasteiger partial charge in [0.05, 0.1) is 6.61 Å². The molecule has 0 aliphatic carbocycles. The highest BCUT2D eigenvalue weighted by Gasteiger charge is 2.24. The molecule has 108 valence electrons. The zero-order valence-corrected chi connectivity index (χ0v) is 11.2. The highest BCUT2D eigenvalue weighted by atomic mass is 19.1. The van der Waals surface area contributed by atoms with Gasteiger partial charge in [0.1, 0.15) is 17.7 Å². The molecule has 1 unspecified atom stereocenters. The van der Waals surface area contributed by atoms with Crippen molar-refractivity contribution < 1.29 is 18.7 Å². The lowest BCUT2D eigenvalue weighted by atomic mass is 9.98. The van der Waals surface area contributed by atoms with Crippen molar-refractivity contribution in [3.63, 3.8) is 0 Å². The van der Waals surface area contributed by atoms with Gasteiger partial charge >= 0.3 is 6.09 Å². The van der Waals surface area contributed by atoms with Gasteiger partial charge < -0.3 is 15.2 Å². The SMILES string of the molecule is NC(=O)OC1CCOc2cc(-c3ccccc3F)ccc21. The van der Waals surface area contributed by atoms with Crippen LogP contribution in [-0.4, -0.2) is 12.7 Å². The summed E-state index contributed by atoms with van der Waals surface area (Å²) in [5.41, 5.74) is 7.04. The lowest BCUT2D eigenvalue weighted by Gasteiger charge is -2.25. The van der Waals surface area contributed by atoms with Gasteiger partial charge in [0.25, 0.3) is 0 Å². The summed E-state index contributed by atoms with van der Waals surface area (Å²) in [4.78, 5) is 10.9. The van der Waals surface area contributed by atoms with E-state index in [9.17, 15) is 9.18 Å². The first kappa shape index (κ1) is 13.4. The molecular formula is C16H14FNO3. The minimum Gasteiger partial charge on any atom is -0.493 e. The van der Waals surface area contributed by atoms with Crippen LogP contribution in [0.2, 0.25) is 0 Å². The van der Waals surface area contributed by atoms with Gasteiger partial charge in [-0.1, -0.05) is 30.3 Å². The maximum Gasteiger partial charge on any atom is 0.405 e. The maximum absolute atomic E-state index is 13.8. The average molecular weight is 287 g/mol. The van der Waals surface area contributed by atoms with Gasteiger partial charge in [0, 0.05) is 17.5 Å². The van der Waals surface area contributed by atoms with E-state index in [1.54, 1.807) is 36.4 Å². The Kier molecular flexibility index (Phi) is 3.48.